The number of hydrogen-bond donors (Lipinski definition) is 2. The van der Waals surface area contributed by atoms with E-state index in [1.807, 2.05) is 13.0 Å². The van der Waals surface area contributed by atoms with Gasteiger partial charge >= 0.3 is 0 Å². The Morgan fingerprint density at radius 2 is 2.05 bits per heavy atom. The topological polar surface area (TPSA) is 55.1 Å². The Kier molecular flexibility index (Phi) is 5.65. The molecule has 0 aromatic heterocycles. The number of carbonyl (C=O) groups is 1. The smallest absolute Gasteiger partial charge is 0.251 e. The van der Waals surface area contributed by atoms with Gasteiger partial charge in [-0.15, -0.1) is 12.4 Å². The molecule has 1 fully saturated rings. The van der Waals surface area contributed by atoms with Crippen LogP contribution in [0.15, 0.2) is 18.2 Å². The van der Waals surface area contributed by atoms with Gasteiger partial charge < -0.3 is 11.1 Å². The zero-order valence-electron chi connectivity index (χ0n) is 11.0. The van der Waals surface area contributed by atoms with Gasteiger partial charge in [0.25, 0.3) is 5.91 Å². The molecule has 0 atom stereocenters. The lowest BCUT2D eigenvalue weighted by molar-refractivity contribution is 0.0903. The van der Waals surface area contributed by atoms with Crippen LogP contribution in [0.3, 0.4) is 0 Å². The minimum atomic E-state index is -0.214. The molecular formula is C14H20Cl2N2O. The van der Waals surface area contributed by atoms with Crippen LogP contribution in [0.1, 0.15) is 41.6 Å². The summed E-state index contributed by atoms with van der Waals surface area (Å²) in [7, 11) is 0. The van der Waals surface area contributed by atoms with E-state index in [0.717, 1.165) is 31.2 Å². The van der Waals surface area contributed by atoms with Gasteiger partial charge in [-0.05, 0) is 37.5 Å². The Morgan fingerprint density at radius 1 is 1.42 bits per heavy atom. The summed E-state index contributed by atoms with van der Waals surface area (Å²) in [5, 5.41) is 3.70. The number of aryl methyl sites for hydroxylation is 1. The molecular weight excluding hydrogens is 283 g/mol. The lowest BCUT2D eigenvalue weighted by Crippen LogP contribution is -2.51. The number of amides is 1. The van der Waals surface area contributed by atoms with Gasteiger partial charge in [0.05, 0.1) is 5.54 Å². The molecule has 106 valence electrons. The van der Waals surface area contributed by atoms with E-state index in [0.29, 0.717) is 17.1 Å². The van der Waals surface area contributed by atoms with Gasteiger partial charge in [0.15, 0.2) is 0 Å². The molecule has 0 spiro atoms. The maximum Gasteiger partial charge on any atom is 0.251 e. The monoisotopic (exact) mass is 302 g/mol. The molecule has 1 amide bonds. The first kappa shape index (κ1) is 16.3. The molecule has 1 aromatic rings. The van der Waals surface area contributed by atoms with Gasteiger partial charge in [0.2, 0.25) is 0 Å². The van der Waals surface area contributed by atoms with Crippen molar-refractivity contribution in [2.75, 3.05) is 6.54 Å². The van der Waals surface area contributed by atoms with E-state index < -0.39 is 0 Å². The number of benzene rings is 1. The summed E-state index contributed by atoms with van der Waals surface area (Å²) in [6.07, 6.45) is 4.20. The molecule has 1 saturated carbocycles. The number of nitrogens with one attached hydrogen (secondary N) is 1. The Hall–Kier alpha value is -0.770. The highest BCUT2D eigenvalue weighted by Gasteiger charge is 2.34. The third-order valence-corrected chi connectivity index (χ3v) is 4.17. The lowest BCUT2D eigenvalue weighted by Gasteiger charge is -2.28. The maximum atomic E-state index is 12.2. The normalized spacial score (nSPS) is 16.8. The van der Waals surface area contributed by atoms with Crippen molar-refractivity contribution in [3.63, 3.8) is 0 Å². The van der Waals surface area contributed by atoms with Gasteiger partial charge in [-0.2, -0.15) is 0 Å². The molecule has 0 unspecified atom stereocenters. The summed E-state index contributed by atoms with van der Waals surface area (Å²) in [5.74, 6) is -0.0794. The highest BCUT2D eigenvalue weighted by Crippen LogP contribution is 2.29. The number of rotatable bonds is 3. The second kappa shape index (κ2) is 6.60. The first-order valence-electron chi connectivity index (χ1n) is 6.35. The minimum Gasteiger partial charge on any atom is -0.345 e. The Morgan fingerprint density at radius 3 is 2.58 bits per heavy atom. The fraction of sp³-hybridized carbons (Fsp3) is 0.500. The largest absolute Gasteiger partial charge is 0.345 e. The summed E-state index contributed by atoms with van der Waals surface area (Å²) in [6, 6.07) is 5.38. The highest BCUT2D eigenvalue weighted by molar-refractivity contribution is 6.31. The van der Waals surface area contributed by atoms with Crippen molar-refractivity contribution in [3.8, 4) is 0 Å². The van der Waals surface area contributed by atoms with Crippen LogP contribution >= 0.6 is 24.0 Å². The third-order valence-electron chi connectivity index (χ3n) is 3.76. The maximum absolute atomic E-state index is 12.2. The van der Waals surface area contributed by atoms with Gasteiger partial charge in [-0.1, -0.05) is 30.5 Å². The molecule has 3 nitrogen and oxygen atoms in total. The van der Waals surface area contributed by atoms with Crippen molar-refractivity contribution in [2.45, 2.75) is 38.1 Å². The average molecular weight is 303 g/mol. The van der Waals surface area contributed by atoms with E-state index in [4.69, 9.17) is 17.3 Å². The van der Waals surface area contributed by atoms with E-state index in [1.165, 1.54) is 0 Å². The van der Waals surface area contributed by atoms with E-state index in [-0.39, 0.29) is 23.9 Å². The average Bonchev–Trinajstić information content (AvgIpc) is 2.82. The molecule has 1 aromatic carbocycles. The van der Waals surface area contributed by atoms with Crippen LogP contribution in [0.2, 0.25) is 5.02 Å². The summed E-state index contributed by atoms with van der Waals surface area (Å²) < 4.78 is 0. The first-order chi connectivity index (χ1) is 8.56. The first-order valence-corrected chi connectivity index (χ1v) is 6.73. The van der Waals surface area contributed by atoms with Crippen LogP contribution in [-0.2, 0) is 0 Å². The fourth-order valence-electron chi connectivity index (χ4n) is 2.48. The van der Waals surface area contributed by atoms with Crippen molar-refractivity contribution < 1.29 is 4.79 Å². The van der Waals surface area contributed by atoms with Crippen molar-refractivity contribution in [1.82, 2.24) is 5.32 Å². The van der Waals surface area contributed by atoms with E-state index in [1.54, 1.807) is 12.1 Å². The Balaban J connectivity index is 0.00000180. The molecule has 19 heavy (non-hydrogen) atoms. The second-order valence-corrected chi connectivity index (χ2v) is 5.52. The molecule has 5 heteroatoms. The van der Waals surface area contributed by atoms with Crippen LogP contribution in [-0.4, -0.2) is 18.0 Å². The summed E-state index contributed by atoms with van der Waals surface area (Å²) >= 11 is 6.04. The van der Waals surface area contributed by atoms with Crippen LogP contribution < -0.4 is 11.1 Å². The lowest BCUT2D eigenvalue weighted by atomic mass is 9.97. The summed E-state index contributed by atoms with van der Waals surface area (Å²) in [5.41, 5.74) is 7.17. The minimum absolute atomic E-state index is 0. The number of nitrogens with two attached hydrogens (primary N) is 1. The van der Waals surface area contributed by atoms with Gasteiger partial charge in [0, 0.05) is 17.1 Å². The second-order valence-electron chi connectivity index (χ2n) is 5.11. The van der Waals surface area contributed by atoms with Crippen molar-refractivity contribution in [2.24, 2.45) is 5.73 Å². The van der Waals surface area contributed by atoms with Crippen molar-refractivity contribution >= 4 is 29.9 Å². The Bertz CT molecular complexity index is 457. The number of halogens is 2. The van der Waals surface area contributed by atoms with Crippen molar-refractivity contribution in [1.29, 1.82) is 0 Å². The standard InChI is InChI=1S/C14H19ClN2O.ClH/c1-10-4-5-11(8-12(10)15)13(18)17-14(9-16)6-2-3-7-14;/h4-5,8H,2-3,6-7,9,16H2,1H3,(H,17,18);1H. The van der Waals surface area contributed by atoms with E-state index >= 15 is 0 Å². The Labute approximate surface area is 125 Å². The van der Waals surface area contributed by atoms with Crippen LogP contribution in [0.25, 0.3) is 0 Å². The molecule has 0 bridgehead atoms. The van der Waals surface area contributed by atoms with E-state index in [2.05, 4.69) is 5.32 Å². The molecule has 2 rings (SSSR count). The predicted molar refractivity (Wildman–Crippen MR) is 81.2 cm³/mol. The SMILES string of the molecule is Cc1ccc(C(=O)NC2(CN)CCCC2)cc1Cl.Cl. The van der Waals surface area contributed by atoms with Crippen LogP contribution in [0, 0.1) is 6.92 Å². The molecule has 0 radical (unpaired) electrons. The molecule has 3 N–H and O–H groups in total. The third kappa shape index (κ3) is 3.62. The van der Waals surface area contributed by atoms with Gasteiger partial charge in [-0.25, -0.2) is 0 Å². The predicted octanol–water partition coefficient (Wildman–Crippen LogP) is 3.07. The molecule has 0 aliphatic heterocycles. The summed E-state index contributed by atoms with van der Waals surface area (Å²) in [6.45, 7) is 2.42. The highest BCUT2D eigenvalue weighted by atomic mass is 35.5. The number of carbonyl (C=O) groups excluding carboxylic acids is 1. The zero-order chi connectivity index (χ0) is 13.2. The van der Waals surface area contributed by atoms with Gasteiger partial charge in [-0.3, -0.25) is 4.79 Å². The fourth-order valence-corrected chi connectivity index (χ4v) is 2.66. The van der Waals surface area contributed by atoms with Crippen molar-refractivity contribution in [3.05, 3.63) is 34.3 Å². The number of hydrogen-bond acceptors (Lipinski definition) is 2. The molecule has 1 aliphatic carbocycles. The van der Waals surface area contributed by atoms with Gasteiger partial charge in [0.1, 0.15) is 0 Å². The molecule has 1 aliphatic rings. The van der Waals surface area contributed by atoms with Crippen LogP contribution in [0.4, 0.5) is 0 Å². The zero-order valence-corrected chi connectivity index (χ0v) is 12.6. The van der Waals surface area contributed by atoms with E-state index in [9.17, 15) is 4.79 Å². The summed E-state index contributed by atoms with van der Waals surface area (Å²) in [4.78, 5) is 12.2. The molecule has 0 heterocycles. The van der Waals surface area contributed by atoms with Crippen LogP contribution in [0.5, 0.6) is 0 Å². The molecule has 0 saturated heterocycles. The quantitative estimate of drug-likeness (QED) is 0.901.